The SMILES string of the molecule is C=CC=CC1(CO)CC2C=CC1C2. The van der Waals surface area contributed by atoms with Gasteiger partial charge in [0.05, 0.1) is 6.61 Å². The molecule has 0 aromatic carbocycles. The molecule has 2 aliphatic rings. The maximum atomic E-state index is 9.45. The van der Waals surface area contributed by atoms with Crippen molar-refractivity contribution in [3.63, 3.8) is 0 Å². The van der Waals surface area contributed by atoms with Gasteiger partial charge in [-0.05, 0) is 24.7 Å². The van der Waals surface area contributed by atoms with Crippen molar-refractivity contribution in [3.8, 4) is 0 Å². The molecule has 0 aromatic rings. The van der Waals surface area contributed by atoms with Crippen LogP contribution in [0.1, 0.15) is 12.8 Å². The highest BCUT2D eigenvalue weighted by molar-refractivity contribution is 5.22. The molecule has 1 saturated carbocycles. The third kappa shape index (κ3) is 1.28. The molecule has 2 bridgehead atoms. The standard InChI is InChI=1S/C12H16O/c1-2-3-6-12(9-13)8-10-4-5-11(12)7-10/h2-6,10-11,13H,1,7-9H2. The van der Waals surface area contributed by atoms with Crippen LogP contribution in [0.2, 0.25) is 0 Å². The Hall–Kier alpha value is -0.820. The van der Waals surface area contributed by atoms with Gasteiger partial charge in [-0.1, -0.05) is 37.0 Å². The molecular formula is C12H16O. The van der Waals surface area contributed by atoms with Gasteiger partial charge in [-0.25, -0.2) is 0 Å². The molecule has 0 saturated heterocycles. The highest BCUT2D eigenvalue weighted by atomic mass is 16.3. The first-order chi connectivity index (χ1) is 6.30. The molecule has 3 atom stereocenters. The van der Waals surface area contributed by atoms with E-state index in [1.54, 1.807) is 6.08 Å². The number of rotatable bonds is 3. The van der Waals surface area contributed by atoms with Crippen LogP contribution in [0.4, 0.5) is 0 Å². The quantitative estimate of drug-likeness (QED) is 0.517. The minimum absolute atomic E-state index is 0.0214. The second-order valence-electron chi connectivity index (χ2n) is 4.18. The predicted molar refractivity (Wildman–Crippen MR) is 54.2 cm³/mol. The van der Waals surface area contributed by atoms with Gasteiger partial charge in [0.15, 0.2) is 0 Å². The minimum Gasteiger partial charge on any atom is -0.395 e. The number of aliphatic hydroxyl groups excluding tert-OH is 1. The molecule has 1 heteroatoms. The van der Waals surface area contributed by atoms with Crippen molar-refractivity contribution in [1.29, 1.82) is 0 Å². The van der Waals surface area contributed by atoms with E-state index in [0.717, 1.165) is 6.42 Å². The molecule has 1 N–H and O–H groups in total. The Morgan fingerprint density at radius 2 is 2.38 bits per heavy atom. The van der Waals surface area contributed by atoms with Gasteiger partial charge < -0.3 is 5.11 Å². The zero-order valence-electron chi connectivity index (χ0n) is 7.82. The number of hydrogen-bond acceptors (Lipinski definition) is 1. The summed E-state index contributed by atoms with van der Waals surface area (Å²) in [6.45, 7) is 3.93. The maximum absolute atomic E-state index is 9.45. The van der Waals surface area contributed by atoms with Crippen LogP contribution in [0.3, 0.4) is 0 Å². The Kier molecular flexibility index (Phi) is 2.12. The Bertz CT molecular complexity index is 264. The summed E-state index contributed by atoms with van der Waals surface area (Å²) in [6, 6.07) is 0. The van der Waals surface area contributed by atoms with E-state index in [4.69, 9.17) is 0 Å². The molecule has 70 valence electrons. The zero-order chi connectivity index (χ0) is 9.31. The summed E-state index contributed by atoms with van der Waals surface area (Å²) in [4.78, 5) is 0. The predicted octanol–water partition coefficient (Wildman–Crippen LogP) is 2.30. The van der Waals surface area contributed by atoms with E-state index in [-0.39, 0.29) is 12.0 Å². The normalized spacial score (nSPS) is 41.9. The van der Waals surface area contributed by atoms with Gasteiger partial charge in [-0.15, -0.1) is 0 Å². The van der Waals surface area contributed by atoms with Crippen molar-refractivity contribution in [2.45, 2.75) is 12.8 Å². The lowest BCUT2D eigenvalue weighted by molar-refractivity contribution is 0.144. The maximum Gasteiger partial charge on any atom is 0.0528 e. The highest BCUT2D eigenvalue weighted by Crippen LogP contribution is 2.52. The number of aliphatic hydroxyl groups is 1. The third-order valence-corrected chi connectivity index (χ3v) is 3.41. The summed E-state index contributed by atoms with van der Waals surface area (Å²) in [7, 11) is 0. The van der Waals surface area contributed by atoms with Crippen molar-refractivity contribution in [2.75, 3.05) is 6.61 Å². The van der Waals surface area contributed by atoms with Crippen molar-refractivity contribution in [1.82, 2.24) is 0 Å². The smallest absolute Gasteiger partial charge is 0.0528 e. The van der Waals surface area contributed by atoms with E-state index in [0.29, 0.717) is 11.8 Å². The van der Waals surface area contributed by atoms with E-state index < -0.39 is 0 Å². The Morgan fingerprint density at radius 1 is 1.54 bits per heavy atom. The third-order valence-electron chi connectivity index (χ3n) is 3.41. The molecule has 0 heterocycles. The first kappa shape index (κ1) is 8.76. The fraction of sp³-hybridized carbons (Fsp3) is 0.500. The van der Waals surface area contributed by atoms with Gasteiger partial charge in [0.1, 0.15) is 0 Å². The average Bonchev–Trinajstić information content (AvgIpc) is 2.74. The first-order valence-corrected chi connectivity index (χ1v) is 4.90. The van der Waals surface area contributed by atoms with Crippen molar-refractivity contribution >= 4 is 0 Å². The molecule has 3 unspecified atom stereocenters. The fourth-order valence-electron chi connectivity index (χ4n) is 2.68. The van der Waals surface area contributed by atoms with Crippen LogP contribution in [-0.2, 0) is 0 Å². The van der Waals surface area contributed by atoms with Crippen molar-refractivity contribution in [2.24, 2.45) is 17.3 Å². The van der Waals surface area contributed by atoms with E-state index >= 15 is 0 Å². The molecule has 1 fully saturated rings. The lowest BCUT2D eigenvalue weighted by Crippen LogP contribution is -2.27. The van der Waals surface area contributed by atoms with E-state index in [9.17, 15) is 5.11 Å². The summed E-state index contributed by atoms with van der Waals surface area (Å²) in [5, 5.41) is 9.45. The number of allylic oxidation sites excluding steroid dienone is 4. The van der Waals surface area contributed by atoms with E-state index in [2.05, 4.69) is 24.8 Å². The second kappa shape index (κ2) is 3.15. The minimum atomic E-state index is 0.0214. The largest absolute Gasteiger partial charge is 0.395 e. The van der Waals surface area contributed by atoms with Gasteiger partial charge in [-0.3, -0.25) is 0 Å². The van der Waals surface area contributed by atoms with Gasteiger partial charge in [-0.2, -0.15) is 0 Å². The molecule has 13 heavy (non-hydrogen) atoms. The van der Waals surface area contributed by atoms with Crippen LogP contribution < -0.4 is 0 Å². The Balaban J connectivity index is 2.22. The van der Waals surface area contributed by atoms with Crippen LogP contribution >= 0.6 is 0 Å². The van der Waals surface area contributed by atoms with Crippen LogP contribution in [0, 0.1) is 17.3 Å². The van der Waals surface area contributed by atoms with Gasteiger partial charge in [0.2, 0.25) is 0 Å². The van der Waals surface area contributed by atoms with Crippen molar-refractivity contribution < 1.29 is 5.11 Å². The lowest BCUT2D eigenvalue weighted by atomic mass is 9.76. The number of fused-ring (bicyclic) bond motifs is 2. The number of hydrogen-bond donors (Lipinski definition) is 1. The molecule has 0 aromatic heterocycles. The molecule has 0 aliphatic heterocycles. The van der Waals surface area contributed by atoms with Crippen LogP contribution in [0.5, 0.6) is 0 Å². The summed E-state index contributed by atoms with van der Waals surface area (Å²) < 4.78 is 0. The lowest BCUT2D eigenvalue weighted by Gasteiger charge is -2.30. The first-order valence-electron chi connectivity index (χ1n) is 4.90. The summed E-state index contributed by atoms with van der Waals surface area (Å²) in [5.74, 6) is 1.25. The summed E-state index contributed by atoms with van der Waals surface area (Å²) in [5.41, 5.74) is 0.0214. The molecule has 0 amide bonds. The Morgan fingerprint density at radius 3 is 2.85 bits per heavy atom. The molecule has 2 rings (SSSR count). The van der Waals surface area contributed by atoms with Gasteiger partial charge in [0.25, 0.3) is 0 Å². The van der Waals surface area contributed by atoms with Crippen LogP contribution in [-0.4, -0.2) is 11.7 Å². The molecule has 1 nitrogen and oxygen atoms in total. The zero-order valence-corrected chi connectivity index (χ0v) is 7.82. The molecule has 0 radical (unpaired) electrons. The molecule has 2 aliphatic carbocycles. The second-order valence-corrected chi connectivity index (χ2v) is 4.18. The average molecular weight is 176 g/mol. The molecule has 0 spiro atoms. The van der Waals surface area contributed by atoms with E-state index in [1.807, 2.05) is 6.08 Å². The topological polar surface area (TPSA) is 20.2 Å². The van der Waals surface area contributed by atoms with Crippen molar-refractivity contribution in [3.05, 3.63) is 37.0 Å². The summed E-state index contributed by atoms with van der Waals surface area (Å²) >= 11 is 0. The van der Waals surface area contributed by atoms with Crippen LogP contribution in [0.25, 0.3) is 0 Å². The van der Waals surface area contributed by atoms with E-state index in [1.165, 1.54) is 6.42 Å². The van der Waals surface area contributed by atoms with Crippen LogP contribution in [0.15, 0.2) is 37.0 Å². The van der Waals surface area contributed by atoms with Gasteiger partial charge >= 0.3 is 0 Å². The summed E-state index contributed by atoms with van der Waals surface area (Å²) in [6.07, 6.45) is 12.8. The monoisotopic (exact) mass is 176 g/mol. The Labute approximate surface area is 79.5 Å². The fourth-order valence-corrected chi connectivity index (χ4v) is 2.68. The highest BCUT2D eigenvalue weighted by Gasteiger charge is 2.45. The van der Waals surface area contributed by atoms with Gasteiger partial charge in [0, 0.05) is 5.41 Å². The molecular weight excluding hydrogens is 160 g/mol.